The second-order valence-electron chi connectivity index (χ2n) is 6.59. The summed E-state index contributed by atoms with van der Waals surface area (Å²) in [7, 11) is -2.05. The number of carbonyl (C=O) groups is 1. The third kappa shape index (κ3) is 3.30. The molecule has 3 heterocycles. The highest BCUT2D eigenvalue weighted by Crippen LogP contribution is 2.40. The second kappa shape index (κ2) is 7.44. The van der Waals surface area contributed by atoms with Gasteiger partial charge < -0.3 is 5.32 Å². The Kier molecular flexibility index (Phi) is 5.13. The van der Waals surface area contributed by atoms with Crippen LogP contribution >= 0.6 is 22.9 Å². The number of amides is 1. The monoisotopic (exact) mass is 435 g/mol. The molecule has 3 aromatic rings. The number of hydrogen-bond donors (Lipinski definition) is 1. The van der Waals surface area contributed by atoms with E-state index in [1.165, 1.54) is 21.7 Å². The topological polar surface area (TPSA) is 79.4 Å². The fourth-order valence-corrected chi connectivity index (χ4v) is 6.57. The van der Waals surface area contributed by atoms with Crippen molar-refractivity contribution in [2.75, 3.05) is 20.1 Å². The Balaban J connectivity index is 1.71. The first-order valence-corrected chi connectivity index (χ1v) is 11.4. The maximum Gasteiger partial charge on any atom is 0.261 e. The molecule has 6 nitrogen and oxygen atoms in total. The number of benzene rings is 1. The largest absolute Gasteiger partial charge is 0.354 e. The Labute approximate surface area is 172 Å². The number of carbonyl (C=O) groups excluding carboxylic acids is 1. The Morgan fingerprint density at radius 1 is 1.32 bits per heavy atom. The number of halogens is 1. The van der Waals surface area contributed by atoms with Gasteiger partial charge in [0.15, 0.2) is 0 Å². The highest BCUT2D eigenvalue weighted by atomic mass is 35.5. The van der Waals surface area contributed by atoms with E-state index in [1.807, 2.05) is 12.1 Å². The van der Waals surface area contributed by atoms with E-state index in [0.29, 0.717) is 29.4 Å². The fourth-order valence-electron chi connectivity index (χ4n) is 3.60. The molecule has 0 bridgehead atoms. The molecule has 2 aromatic heterocycles. The minimum absolute atomic E-state index is 0.0702. The molecule has 146 valence electrons. The molecule has 0 unspecified atom stereocenters. The summed E-state index contributed by atoms with van der Waals surface area (Å²) in [6.07, 6.45) is 2.34. The Hall–Kier alpha value is -2.00. The van der Waals surface area contributed by atoms with Crippen LogP contribution in [-0.2, 0) is 10.0 Å². The highest BCUT2D eigenvalue weighted by Gasteiger charge is 2.36. The van der Waals surface area contributed by atoms with Gasteiger partial charge in [-0.3, -0.25) is 4.79 Å². The van der Waals surface area contributed by atoms with Gasteiger partial charge in [0.2, 0.25) is 10.0 Å². The molecule has 1 atom stereocenters. The van der Waals surface area contributed by atoms with Gasteiger partial charge in [-0.1, -0.05) is 23.7 Å². The number of nitrogens with zero attached hydrogens (tertiary/aromatic N) is 2. The first-order valence-electron chi connectivity index (χ1n) is 8.77. The maximum atomic E-state index is 13.0. The van der Waals surface area contributed by atoms with Crippen molar-refractivity contribution in [3.8, 4) is 0 Å². The number of hydrogen-bond acceptors (Lipinski definition) is 5. The summed E-state index contributed by atoms with van der Waals surface area (Å²) in [6, 6.07) is 10.1. The first kappa shape index (κ1) is 19.3. The number of thiophene rings is 1. The zero-order valence-electron chi connectivity index (χ0n) is 15.1. The summed E-state index contributed by atoms with van der Waals surface area (Å²) >= 11 is 7.31. The van der Waals surface area contributed by atoms with Crippen molar-refractivity contribution in [2.24, 2.45) is 0 Å². The van der Waals surface area contributed by atoms with Crippen LogP contribution in [0.15, 0.2) is 47.5 Å². The maximum absolute atomic E-state index is 13.0. The van der Waals surface area contributed by atoms with Gasteiger partial charge in [-0.05, 0) is 36.2 Å². The third-order valence-corrected chi connectivity index (χ3v) is 8.16. The van der Waals surface area contributed by atoms with E-state index in [9.17, 15) is 13.2 Å². The van der Waals surface area contributed by atoms with E-state index >= 15 is 0 Å². The molecule has 1 aromatic carbocycles. The van der Waals surface area contributed by atoms with Crippen molar-refractivity contribution in [3.05, 3.63) is 58.1 Å². The Morgan fingerprint density at radius 2 is 2.14 bits per heavy atom. The van der Waals surface area contributed by atoms with Gasteiger partial charge in [0.05, 0.1) is 9.77 Å². The summed E-state index contributed by atoms with van der Waals surface area (Å²) in [4.78, 5) is 18.4. The standard InChI is InChI=1S/C19H18ClN3O3S2/c1-21-18(24)17-16(15-6-3-8-22-19(15)27-17)12-7-9-23(11-12)28(25,26)14-5-2-4-13(20)10-14/h2-6,8,10,12H,7,9,11H2,1H3,(H,21,24)/t12-/m1/s1. The number of rotatable bonds is 4. The molecule has 1 N–H and O–H groups in total. The van der Waals surface area contributed by atoms with Crippen LogP contribution in [0.3, 0.4) is 0 Å². The predicted molar refractivity (Wildman–Crippen MR) is 111 cm³/mol. The SMILES string of the molecule is CNC(=O)c1sc2ncccc2c1[C@@H]1CCN(S(=O)(=O)c2cccc(Cl)c2)C1. The van der Waals surface area contributed by atoms with Gasteiger partial charge in [0, 0.05) is 42.7 Å². The summed E-state index contributed by atoms with van der Waals surface area (Å²) in [5.41, 5.74) is 0.885. The molecule has 0 spiro atoms. The van der Waals surface area contributed by atoms with Crippen LogP contribution in [0.25, 0.3) is 10.2 Å². The van der Waals surface area contributed by atoms with E-state index in [2.05, 4.69) is 10.3 Å². The molecular weight excluding hydrogens is 418 g/mol. The molecule has 1 amide bonds. The lowest BCUT2D eigenvalue weighted by atomic mass is 9.95. The number of nitrogens with one attached hydrogen (secondary N) is 1. The van der Waals surface area contributed by atoms with Crippen LogP contribution in [-0.4, -0.2) is 43.8 Å². The van der Waals surface area contributed by atoms with Crippen LogP contribution in [0.4, 0.5) is 0 Å². The molecule has 9 heteroatoms. The van der Waals surface area contributed by atoms with Crippen molar-refractivity contribution in [2.45, 2.75) is 17.2 Å². The number of pyridine rings is 1. The number of fused-ring (bicyclic) bond motifs is 1. The summed E-state index contributed by atoms with van der Waals surface area (Å²) in [5, 5.41) is 3.97. The van der Waals surface area contributed by atoms with Crippen LogP contribution in [0.5, 0.6) is 0 Å². The minimum Gasteiger partial charge on any atom is -0.354 e. The number of aromatic nitrogens is 1. The van der Waals surface area contributed by atoms with Crippen molar-refractivity contribution < 1.29 is 13.2 Å². The van der Waals surface area contributed by atoms with Gasteiger partial charge in [-0.25, -0.2) is 13.4 Å². The van der Waals surface area contributed by atoms with Gasteiger partial charge in [-0.15, -0.1) is 11.3 Å². The van der Waals surface area contributed by atoms with Crippen LogP contribution in [0.1, 0.15) is 27.6 Å². The lowest BCUT2D eigenvalue weighted by molar-refractivity contribution is 0.0966. The van der Waals surface area contributed by atoms with E-state index in [4.69, 9.17) is 11.6 Å². The predicted octanol–water partition coefficient (Wildman–Crippen LogP) is 3.49. The average Bonchev–Trinajstić information content (AvgIpc) is 3.32. The minimum atomic E-state index is -3.64. The van der Waals surface area contributed by atoms with E-state index < -0.39 is 10.0 Å². The van der Waals surface area contributed by atoms with Crippen LogP contribution in [0, 0.1) is 0 Å². The van der Waals surface area contributed by atoms with Gasteiger partial charge >= 0.3 is 0 Å². The number of sulfonamides is 1. The summed E-state index contributed by atoms with van der Waals surface area (Å²) < 4.78 is 27.5. The molecular formula is C19H18ClN3O3S2. The lowest BCUT2D eigenvalue weighted by Crippen LogP contribution is -2.29. The van der Waals surface area contributed by atoms with E-state index in [-0.39, 0.29) is 16.7 Å². The third-order valence-electron chi connectivity index (χ3n) is 4.93. The molecule has 4 rings (SSSR count). The first-order chi connectivity index (χ1) is 13.4. The van der Waals surface area contributed by atoms with Gasteiger partial charge in [0.25, 0.3) is 5.91 Å². The van der Waals surface area contributed by atoms with Crippen LogP contribution in [0.2, 0.25) is 5.02 Å². The highest BCUT2D eigenvalue weighted by molar-refractivity contribution is 7.89. The van der Waals surface area contributed by atoms with Crippen molar-refractivity contribution in [1.29, 1.82) is 0 Å². The molecule has 1 fully saturated rings. The average molecular weight is 436 g/mol. The molecule has 0 aliphatic carbocycles. The quantitative estimate of drug-likeness (QED) is 0.680. The summed E-state index contributed by atoms with van der Waals surface area (Å²) in [5.74, 6) is -0.242. The van der Waals surface area contributed by atoms with Gasteiger partial charge in [-0.2, -0.15) is 4.31 Å². The van der Waals surface area contributed by atoms with Crippen molar-refractivity contribution in [1.82, 2.24) is 14.6 Å². The van der Waals surface area contributed by atoms with Crippen molar-refractivity contribution >= 4 is 49.1 Å². The fraction of sp³-hybridized carbons (Fsp3) is 0.263. The smallest absolute Gasteiger partial charge is 0.261 e. The zero-order valence-corrected chi connectivity index (χ0v) is 17.4. The Bertz CT molecular complexity index is 1160. The van der Waals surface area contributed by atoms with Crippen LogP contribution < -0.4 is 5.32 Å². The van der Waals surface area contributed by atoms with Gasteiger partial charge in [0.1, 0.15) is 4.83 Å². The zero-order chi connectivity index (χ0) is 19.9. The van der Waals surface area contributed by atoms with Crippen molar-refractivity contribution in [3.63, 3.8) is 0 Å². The molecule has 0 saturated carbocycles. The van der Waals surface area contributed by atoms with E-state index in [1.54, 1.807) is 31.4 Å². The molecule has 1 saturated heterocycles. The molecule has 0 radical (unpaired) electrons. The normalized spacial score (nSPS) is 17.9. The Morgan fingerprint density at radius 3 is 2.89 bits per heavy atom. The molecule has 28 heavy (non-hydrogen) atoms. The lowest BCUT2D eigenvalue weighted by Gasteiger charge is -2.17. The summed E-state index contributed by atoms with van der Waals surface area (Å²) in [6.45, 7) is 0.712. The van der Waals surface area contributed by atoms with E-state index in [0.717, 1.165) is 15.8 Å². The second-order valence-corrected chi connectivity index (χ2v) is 9.96. The molecule has 1 aliphatic rings. The molecule has 1 aliphatic heterocycles.